The van der Waals surface area contributed by atoms with Gasteiger partial charge in [-0.3, -0.25) is 4.79 Å². The van der Waals surface area contributed by atoms with E-state index in [0.29, 0.717) is 23.5 Å². The van der Waals surface area contributed by atoms with E-state index in [2.05, 4.69) is 13.0 Å². The smallest absolute Gasteiger partial charge is 0.133 e. The summed E-state index contributed by atoms with van der Waals surface area (Å²) >= 11 is 0. The molecule has 0 aromatic rings. The molecule has 4 rings (SSSR count). The van der Waals surface area contributed by atoms with E-state index in [4.69, 9.17) is 0 Å². The van der Waals surface area contributed by atoms with Crippen LogP contribution in [-0.4, -0.2) is 5.78 Å². The molecule has 2 nitrogen and oxygen atoms in total. The highest BCUT2D eigenvalue weighted by Crippen LogP contribution is 2.68. The lowest BCUT2D eigenvalue weighted by atomic mass is 9.44. The molecule has 0 N–H and O–H groups in total. The van der Waals surface area contributed by atoms with Crippen LogP contribution < -0.4 is 0 Å². The average Bonchev–Trinajstić information content (AvgIpc) is 2.94. The van der Waals surface area contributed by atoms with Crippen molar-refractivity contribution in [3.8, 4) is 6.07 Å². The van der Waals surface area contributed by atoms with E-state index in [1.165, 1.54) is 51.4 Å². The molecule has 0 radical (unpaired) electrons. The number of nitrogens with zero attached hydrogens (tertiary/aromatic N) is 1. The Morgan fingerprint density at radius 1 is 1.04 bits per heavy atom. The summed E-state index contributed by atoms with van der Waals surface area (Å²) in [4.78, 5) is 12.3. The Kier molecular flexibility index (Phi) is 4.06. The maximum atomic E-state index is 12.3. The second kappa shape index (κ2) is 5.86. The Hall–Kier alpha value is -0.840. The monoisotopic (exact) mass is 327 g/mol. The Balaban J connectivity index is 1.67. The number of rotatable bonds is 2. The van der Waals surface area contributed by atoms with Gasteiger partial charge in [-0.2, -0.15) is 5.26 Å². The van der Waals surface area contributed by atoms with Crippen LogP contribution in [0.5, 0.6) is 0 Å². The summed E-state index contributed by atoms with van der Waals surface area (Å²) in [6, 6.07) is 2.49. The Morgan fingerprint density at radius 2 is 1.88 bits per heavy atom. The molecule has 0 aliphatic heterocycles. The van der Waals surface area contributed by atoms with E-state index in [-0.39, 0.29) is 11.3 Å². The highest BCUT2D eigenvalue weighted by molar-refractivity contribution is 5.79. The predicted octanol–water partition coefficient (Wildman–Crippen LogP) is 5.52. The third-order valence-corrected chi connectivity index (χ3v) is 9.20. The molecule has 24 heavy (non-hydrogen) atoms. The number of nitriles is 1. The topological polar surface area (TPSA) is 40.9 Å². The van der Waals surface area contributed by atoms with Crippen molar-refractivity contribution in [3.63, 3.8) is 0 Å². The van der Waals surface area contributed by atoms with Crippen LogP contribution in [-0.2, 0) is 4.79 Å². The Morgan fingerprint density at radius 3 is 2.62 bits per heavy atom. The van der Waals surface area contributed by atoms with Gasteiger partial charge in [-0.15, -0.1) is 0 Å². The number of fused-ring (bicyclic) bond motifs is 5. The molecule has 0 bridgehead atoms. The minimum absolute atomic E-state index is 0.0274. The summed E-state index contributed by atoms with van der Waals surface area (Å²) in [5.74, 6) is 3.75. The number of carbonyl (C=O) groups is 1. The maximum Gasteiger partial charge on any atom is 0.133 e. The molecule has 0 saturated heterocycles. The van der Waals surface area contributed by atoms with Gasteiger partial charge in [0.1, 0.15) is 5.78 Å². The molecular weight excluding hydrogens is 294 g/mol. The lowest BCUT2D eigenvalue weighted by Gasteiger charge is -2.60. The first kappa shape index (κ1) is 16.6. The van der Waals surface area contributed by atoms with Crippen molar-refractivity contribution in [1.82, 2.24) is 0 Å². The van der Waals surface area contributed by atoms with Crippen LogP contribution in [0.4, 0.5) is 0 Å². The molecule has 4 aliphatic rings. The van der Waals surface area contributed by atoms with Crippen LogP contribution in [0.3, 0.4) is 0 Å². The molecule has 132 valence electrons. The van der Waals surface area contributed by atoms with Crippen molar-refractivity contribution in [1.29, 1.82) is 5.26 Å². The van der Waals surface area contributed by atoms with Gasteiger partial charge >= 0.3 is 0 Å². The summed E-state index contributed by atoms with van der Waals surface area (Å²) in [7, 11) is 0. The lowest BCUT2D eigenvalue weighted by molar-refractivity contribution is -0.135. The number of Topliss-reactive ketones (excluding diaryl/α,β-unsaturated/α-hetero) is 1. The van der Waals surface area contributed by atoms with E-state index < -0.39 is 0 Å². The molecular formula is C22H33NO. The van der Waals surface area contributed by atoms with E-state index in [1.54, 1.807) is 6.92 Å². The molecule has 4 fully saturated rings. The predicted molar refractivity (Wildman–Crippen MR) is 95.1 cm³/mol. The van der Waals surface area contributed by atoms with Crippen LogP contribution in [0, 0.1) is 51.8 Å². The summed E-state index contributed by atoms with van der Waals surface area (Å²) in [5.41, 5.74) is 0.577. The maximum absolute atomic E-state index is 12.3. The molecule has 0 spiro atoms. The summed E-state index contributed by atoms with van der Waals surface area (Å²) < 4.78 is 0. The fourth-order valence-corrected chi connectivity index (χ4v) is 8.20. The van der Waals surface area contributed by atoms with Crippen molar-refractivity contribution in [2.75, 3.05) is 0 Å². The largest absolute Gasteiger partial charge is 0.300 e. The highest BCUT2D eigenvalue weighted by atomic mass is 16.1. The second-order valence-corrected chi connectivity index (χ2v) is 9.75. The molecule has 2 heteroatoms. The highest BCUT2D eigenvalue weighted by Gasteiger charge is 2.61. The Bertz CT molecular complexity index is 563. The molecule has 0 heterocycles. The van der Waals surface area contributed by atoms with Crippen LogP contribution >= 0.6 is 0 Å². The zero-order valence-corrected chi connectivity index (χ0v) is 15.5. The normalized spacial score (nSPS) is 50.3. The van der Waals surface area contributed by atoms with Gasteiger partial charge in [-0.1, -0.05) is 19.8 Å². The van der Waals surface area contributed by atoms with Crippen molar-refractivity contribution < 1.29 is 4.79 Å². The Labute approximate surface area is 147 Å². The van der Waals surface area contributed by atoms with Gasteiger partial charge in [0.25, 0.3) is 0 Å². The fraction of sp³-hybridized carbons (Fsp3) is 0.909. The average molecular weight is 328 g/mol. The van der Waals surface area contributed by atoms with Crippen LogP contribution in [0.1, 0.15) is 84.5 Å². The lowest BCUT2D eigenvalue weighted by Crippen LogP contribution is -2.53. The molecule has 0 aromatic heterocycles. The van der Waals surface area contributed by atoms with E-state index in [0.717, 1.165) is 30.6 Å². The summed E-state index contributed by atoms with van der Waals surface area (Å²) in [5, 5.41) is 9.53. The second-order valence-electron chi connectivity index (χ2n) is 9.75. The first-order valence-electron chi connectivity index (χ1n) is 10.4. The van der Waals surface area contributed by atoms with Gasteiger partial charge in [-0.25, -0.2) is 0 Å². The van der Waals surface area contributed by atoms with E-state index in [1.807, 2.05) is 0 Å². The quantitative estimate of drug-likeness (QED) is 0.670. The van der Waals surface area contributed by atoms with Gasteiger partial charge < -0.3 is 0 Å². The summed E-state index contributed by atoms with van der Waals surface area (Å²) in [6.45, 7) is 4.37. The van der Waals surface area contributed by atoms with Crippen LogP contribution in [0.15, 0.2) is 0 Å². The number of carbonyl (C=O) groups excluding carboxylic acids is 1. The first-order valence-corrected chi connectivity index (χ1v) is 10.4. The molecule has 1 unspecified atom stereocenters. The van der Waals surface area contributed by atoms with Gasteiger partial charge in [0.15, 0.2) is 0 Å². The molecule has 0 amide bonds. The molecule has 4 saturated carbocycles. The molecule has 0 aromatic carbocycles. The SMILES string of the molecule is CC(=O)[C@H]1CC[C@H]2[C@@H]3CCC4CCCC[C@]4(C)[C@H]3CC[C@]12CC#N. The number of hydrogen-bond donors (Lipinski definition) is 0. The molecule has 7 atom stereocenters. The standard InChI is InChI=1S/C22H33NO/c1-15(24)18-8-9-20-17-7-6-16-5-3-4-11-21(16,2)19(17)10-12-22(18,20)13-14-23/h16-20H,3-13H2,1-2H3/t16?,17-,18-,19+,20+,21+,22+/m1/s1. The minimum Gasteiger partial charge on any atom is -0.300 e. The minimum atomic E-state index is 0.0274. The third-order valence-electron chi connectivity index (χ3n) is 9.20. The first-order chi connectivity index (χ1) is 11.5. The van der Waals surface area contributed by atoms with Gasteiger partial charge in [0, 0.05) is 12.3 Å². The van der Waals surface area contributed by atoms with Crippen molar-refractivity contribution >= 4 is 5.78 Å². The van der Waals surface area contributed by atoms with Crippen LogP contribution in [0.25, 0.3) is 0 Å². The third kappa shape index (κ3) is 2.16. The van der Waals surface area contributed by atoms with E-state index >= 15 is 0 Å². The fourth-order valence-electron chi connectivity index (χ4n) is 8.20. The number of ketones is 1. The number of hydrogen-bond acceptors (Lipinski definition) is 2. The molecule has 4 aliphatic carbocycles. The van der Waals surface area contributed by atoms with E-state index in [9.17, 15) is 10.1 Å². The van der Waals surface area contributed by atoms with Crippen molar-refractivity contribution in [3.05, 3.63) is 0 Å². The van der Waals surface area contributed by atoms with Gasteiger partial charge in [-0.05, 0) is 92.8 Å². The van der Waals surface area contributed by atoms with Gasteiger partial charge in [0.2, 0.25) is 0 Å². The van der Waals surface area contributed by atoms with Gasteiger partial charge in [0.05, 0.1) is 6.07 Å². The zero-order valence-electron chi connectivity index (χ0n) is 15.5. The zero-order chi connectivity index (χ0) is 16.9. The van der Waals surface area contributed by atoms with Crippen LogP contribution in [0.2, 0.25) is 0 Å². The van der Waals surface area contributed by atoms with Crippen molar-refractivity contribution in [2.45, 2.75) is 84.5 Å². The van der Waals surface area contributed by atoms with Crippen molar-refractivity contribution in [2.24, 2.45) is 40.4 Å². The summed E-state index contributed by atoms with van der Waals surface area (Å²) in [6.07, 6.45) is 13.8.